The zero-order valence-electron chi connectivity index (χ0n) is 8.37. The maximum absolute atomic E-state index is 11.8. The van der Waals surface area contributed by atoms with Crippen molar-refractivity contribution in [1.29, 1.82) is 0 Å². The Balaban J connectivity index is 2.68. The number of nitrogens with two attached hydrogens (primary N) is 1. The van der Waals surface area contributed by atoms with Crippen LogP contribution < -0.4 is 10.5 Å². The smallest absolute Gasteiger partial charge is 0.406 e. The van der Waals surface area contributed by atoms with Gasteiger partial charge < -0.3 is 15.6 Å². The van der Waals surface area contributed by atoms with Crippen LogP contribution in [0.1, 0.15) is 18.1 Å². The summed E-state index contributed by atoms with van der Waals surface area (Å²) in [6.07, 6.45) is -5.10. The first-order valence-electron chi connectivity index (χ1n) is 4.66. The third kappa shape index (κ3) is 4.08. The molecule has 0 spiro atoms. The van der Waals surface area contributed by atoms with Crippen LogP contribution in [0, 0.1) is 0 Å². The third-order valence-electron chi connectivity index (χ3n) is 1.94. The summed E-state index contributed by atoms with van der Waals surface area (Å²) in [5.74, 6) is -0.309. The fraction of sp³-hybridized carbons (Fsp3) is 0.400. The molecule has 6 heteroatoms. The number of alkyl halides is 3. The minimum atomic E-state index is -4.70. The largest absolute Gasteiger partial charge is 0.573 e. The monoisotopic (exact) mass is 235 g/mol. The van der Waals surface area contributed by atoms with E-state index in [0.717, 1.165) is 12.1 Å². The molecule has 16 heavy (non-hydrogen) atoms. The summed E-state index contributed by atoms with van der Waals surface area (Å²) in [6, 6.07) is 5.06. The lowest BCUT2D eigenvalue weighted by molar-refractivity contribution is -0.274. The summed E-state index contributed by atoms with van der Waals surface area (Å²) in [4.78, 5) is 0. The summed E-state index contributed by atoms with van der Waals surface area (Å²) in [6.45, 7) is 0.308. The van der Waals surface area contributed by atoms with E-state index >= 15 is 0 Å². The zero-order valence-corrected chi connectivity index (χ0v) is 8.37. The second-order valence-electron chi connectivity index (χ2n) is 3.21. The van der Waals surface area contributed by atoms with Gasteiger partial charge in [0.25, 0.3) is 0 Å². The summed E-state index contributed by atoms with van der Waals surface area (Å²) < 4.78 is 39.2. The van der Waals surface area contributed by atoms with Gasteiger partial charge in [-0.15, -0.1) is 13.2 Å². The molecule has 3 N–H and O–H groups in total. The highest BCUT2D eigenvalue weighted by Crippen LogP contribution is 2.24. The predicted molar refractivity (Wildman–Crippen MR) is 51.8 cm³/mol. The van der Waals surface area contributed by atoms with Gasteiger partial charge in [0.1, 0.15) is 5.75 Å². The molecule has 0 fully saturated rings. The molecule has 0 radical (unpaired) electrons. The highest BCUT2D eigenvalue weighted by atomic mass is 19.4. The van der Waals surface area contributed by atoms with Gasteiger partial charge in [0.05, 0.1) is 6.10 Å². The fourth-order valence-corrected chi connectivity index (χ4v) is 1.22. The lowest BCUT2D eigenvalue weighted by Crippen LogP contribution is -2.17. The summed E-state index contributed by atoms with van der Waals surface area (Å²) in [5.41, 5.74) is 5.76. The standard InChI is InChI=1S/C10H12F3NO2/c11-10(12,13)16-8-3-1-7(2-4-8)9(15)5-6-14/h1-4,9,15H,5-6,14H2/t9-/m0/s1. The molecule has 0 amide bonds. The van der Waals surface area contributed by atoms with Crippen LogP contribution in [0.15, 0.2) is 24.3 Å². The van der Waals surface area contributed by atoms with E-state index in [-0.39, 0.29) is 5.75 Å². The van der Waals surface area contributed by atoms with Crippen LogP contribution in [0.5, 0.6) is 5.75 Å². The van der Waals surface area contributed by atoms with E-state index < -0.39 is 12.5 Å². The van der Waals surface area contributed by atoms with Gasteiger partial charge in [-0.1, -0.05) is 12.1 Å². The molecule has 1 aromatic rings. The summed E-state index contributed by atoms with van der Waals surface area (Å²) in [7, 11) is 0. The molecule has 1 atom stereocenters. The third-order valence-corrected chi connectivity index (χ3v) is 1.94. The van der Waals surface area contributed by atoms with E-state index in [1.54, 1.807) is 0 Å². The first-order valence-corrected chi connectivity index (χ1v) is 4.66. The van der Waals surface area contributed by atoms with Crippen LogP contribution in [0.25, 0.3) is 0 Å². The fourth-order valence-electron chi connectivity index (χ4n) is 1.22. The van der Waals surface area contributed by atoms with Gasteiger partial charge in [-0.2, -0.15) is 0 Å². The molecule has 0 saturated carbocycles. The Morgan fingerprint density at radius 2 is 1.81 bits per heavy atom. The van der Waals surface area contributed by atoms with Crippen LogP contribution in [-0.2, 0) is 0 Å². The topological polar surface area (TPSA) is 55.5 Å². The van der Waals surface area contributed by atoms with E-state index in [9.17, 15) is 18.3 Å². The van der Waals surface area contributed by atoms with Gasteiger partial charge in [-0.25, -0.2) is 0 Å². The van der Waals surface area contributed by atoms with Crippen LogP contribution in [-0.4, -0.2) is 18.0 Å². The Bertz CT molecular complexity index is 324. The molecule has 0 aromatic heterocycles. The predicted octanol–water partition coefficient (Wildman–Crippen LogP) is 1.97. The molecule has 1 rings (SSSR count). The van der Waals surface area contributed by atoms with Crippen molar-refractivity contribution in [2.45, 2.75) is 18.9 Å². The van der Waals surface area contributed by atoms with Crippen molar-refractivity contribution < 1.29 is 23.0 Å². The lowest BCUT2D eigenvalue weighted by Gasteiger charge is -2.12. The van der Waals surface area contributed by atoms with Crippen molar-refractivity contribution in [3.8, 4) is 5.75 Å². The Morgan fingerprint density at radius 3 is 2.25 bits per heavy atom. The number of aliphatic hydroxyl groups excluding tert-OH is 1. The maximum Gasteiger partial charge on any atom is 0.573 e. The van der Waals surface area contributed by atoms with Crippen LogP contribution in [0.4, 0.5) is 13.2 Å². The van der Waals surface area contributed by atoms with E-state index in [4.69, 9.17) is 5.73 Å². The van der Waals surface area contributed by atoms with E-state index in [1.807, 2.05) is 0 Å². The van der Waals surface area contributed by atoms with Gasteiger partial charge >= 0.3 is 6.36 Å². The van der Waals surface area contributed by atoms with Gasteiger partial charge in [0.15, 0.2) is 0 Å². The molecule has 0 aliphatic heterocycles. The first-order chi connectivity index (χ1) is 7.42. The van der Waals surface area contributed by atoms with Gasteiger partial charge in [-0.3, -0.25) is 0 Å². The molecule has 1 aromatic carbocycles. The number of halogens is 3. The van der Waals surface area contributed by atoms with Gasteiger partial charge in [0, 0.05) is 0 Å². The molecule has 0 saturated heterocycles. The van der Waals surface area contributed by atoms with E-state index in [2.05, 4.69) is 4.74 Å². The lowest BCUT2D eigenvalue weighted by atomic mass is 10.1. The van der Waals surface area contributed by atoms with Crippen molar-refractivity contribution in [2.75, 3.05) is 6.54 Å². The molecule has 0 aliphatic rings. The molecule has 0 bridgehead atoms. The van der Waals surface area contributed by atoms with Crippen molar-refractivity contribution in [3.05, 3.63) is 29.8 Å². The van der Waals surface area contributed by atoms with E-state index in [1.165, 1.54) is 12.1 Å². The molecule has 3 nitrogen and oxygen atoms in total. The number of aliphatic hydroxyl groups is 1. The normalized spacial score (nSPS) is 13.6. The highest BCUT2D eigenvalue weighted by Gasteiger charge is 2.30. The van der Waals surface area contributed by atoms with Crippen molar-refractivity contribution >= 4 is 0 Å². The number of hydrogen-bond acceptors (Lipinski definition) is 3. The van der Waals surface area contributed by atoms with Crippen LogP contribution in [0.2, 0.25) is 0 Å². The SMILES string of the molecule is NCC[C@H](O)c1ccc(OC(F)(F)F)cc1. The van der Waals surface area contributed by atoms with Crippen LogP contribution in [0.3, 0.4) is 0 Å². The van der Waals surface area contributed by atoms with Crippen molar-refractivity contribution in [1.82, 2.24) is 0 Å². The first kappa shape index (κ1) is 12.8. The Morgan fingerprint density at radius 1 is 1.25 bits per heavy atom. The number of hydrogen-bond donors (Lipinski definition) is 2. The number of rotatable bonds is 4. The summed E-state index contributed by atoms with van der Waals surface area (Å²) in [5, 5.41) is 9.50. The quantitative estimate of drug-likeness (QED) is 0.838. The second-order valence-corrected chi connectivity index (χ2v) is 3.21. The Kier molecular flexibility index (Phi) is 4.14. The molecule has 0 unspecified atom stereocenters. The zero-order chi connectivity index (χ0) is 12.2. The molecular formula is C10H12F3NO2. The van der Waals surface area contributed by atoms with Gasteiger partial charge in [-0.05, 0) is 30.7 Å². The number of benzene rings is 1. The minimum Gasteiger partial charge on any atom is -0.406 e. The van der Waals surface area contributed by atoms with E-state index in [0.29, 0.717) is 18.5 Å². The van der Waals surface area contributed by atoms with Gasteiger partial charge in [0.2, 0.25) is 0 Å². The molecule has 0 aliphatic carbocycles. The average molecular weight is 235 g/mol. The molecule has 90 valence electrons. The Hall–Kier alpha value is -1.27. The Labute approximate surface area is 90.6 Å². The minimum absolute atomic E-state index is 0.308. The number of ether oxygens (including phenoxy) is 1. The van der Waals surface area contributed by atoms with Crippen LogP contribution >= 0.6 is 0 Å². The second kappa shape index (κ2) is 5.18. The maximum atomic E-state index is 11.8. The van der Waals surface area contributed by atoms with Crippen molar-refractivity contribution in [3.63, 3.8) is 0 Å². The van der Waals surface area contributed by atoms with Crippen molar-refractivity contribution in [2.24, 2.45) is 5.73 Å². The highest BCUT2D eigenvalue weighted by molar-refractivity contribution is 5.28. The molecule has 0 heterocycles. The molecular weight excluding hydrogens is 223 g/mol. The summed E-state index contributed by atoms with van der Waals surface area (Å²) >= 11 is 0. The average Bonchev–Trinajstić information content (AvgIpc) is 2.16.